The highest BCUT2D eigenvalue weighted by molar-refractivity contribution is 7.80. The van der Waals surface area contributed by atoms with Crippen molar-refractivity contribution >= 4 is 18.5 Å². The normalized spacial score (nSPS) is 28.8. The van der Waals surface area contributed by atoms with Crippen LogP contribution in [0, 0.1) is 5.92 Å². The monoisotopic (exact) mass is 187 g/mol. The van der Waals surface area contributed by atoms with Crippen LogP contribution in [0.25, 0.3) is 0 Å². The summed E-state index contributed by atoms with van der Waals surface area (Å²) >= 11 is 4.01. The van der Waals surface area contributed by atoms with Crippen LogP contribution in [0.15, 0.2) is 0 Å². The first kappa shape index (κ1) is 9.90. The fourth-order valence-corrected chi connectivity index (χ4v) is 1.94. The first-order chi connectivity index (χ1) is 5.72. The van der Waals surface area contributed by atoms with Crippen molar-refractivity contribution in [1.29, 1.82) is 0 Å². The van der Waals surface area contributed by atoms with Gasteiger partial charge in [-0.05, 0) is 30.9 Å². The molecule has 1 aliphatic carbocycles. The van der Waals surface area contributed by atoms with Gasteiger partial charge in [-0.1, -0.05) is 6.92 Å². The number of thiol groups is 1. The molecule has 70 valence electrons. The van der Waals surface area contributed by atoms with E-state index in [0.29, 0.717) is 18.2 Å². The Morgan fingerprint density at radius 3 is 2.83 bits per heavy atom. The molecule has 0 saturated heterocycles. The Morgan fingerprint density at radius 2 is 2.33 bits per heavy atom. The standard InChI is InChI=1S/C9H17NOS/c1-7-2-3-8(6-7)10-9(11)4-5-12/h7-8,12H,2-6H2,1H3,(H,10,11). The summed E-state index contributed by atoms with van der Waals surface area (Å²) < 4.78 is 0. The number of carbonyl (C=O) groups is 1. The molecular formula is C9H17NOS. The molecule has 2 nitrogen and oxygen atoms in total. The van der Waals surface area contributed by atoms with Gasteiger partial charge in [0.05, 0.1) is 0 Å². The summed E-state index contributed by atoms with van der Waals surface area (Å²) in [5, 5.41) is 3.02. The van der Waals surface area contributed by atoms with Gasteiger partial charge in [-0.25, -0.2) is 0 Å². The van der Waals surface area contributed by atoms with E-state index < -0.39 is 0 Å². The quantitative estimate of drug-likeness (QED) is 0.646. The van der Waals surface area contributed by atoms with Crippen LogP contribution in [0.3, 0.4) is 0 Å². The maximum Gasteiger partial charge on any atom is 0.221 e. The summed E-state index contributed by atoms with van der Waals surface area (Å²) in [5.74, 6) is 1.59. The van der Waals surface area contributed by atoms with Crippen molar-refractivity contribution in [3.05, 3.63) is 0 Å². The van der Waals surface area contributed by atoms with Crippen LogP contribution in [0.1, 0.15) is 32.6 Å². The molecule has 1 amide bonds. The zero-order valence-electron chi connectivity index (χ0n) is 7.55. The third-order valence-electron chi connectivity index (χ3n) is 2.40. The van der Waals surface area contributed by atoms with Gasteiger partial charge in [0.25, 0.3) is 0 Å². The second kappa shape index (κ2) is 4.75. The molecule has 1 aliphatic rings. The number of amides is 1. The smallest absolute Gasteiger partial charge is 0.221 e. The van der Waals surface area contributed by atoms with E-state index in [9.17, 15) is 4.79 Å². The maximum absolute atomic E-state index is 11.1. The van der Waals surface area contributed by atoms with Crippen molar-refractivity contribution in [2.45, 2.75) is 38.6 Å². The Labute approximate surface area is 79.5 Å². The summed E-state index contributed by atoms with van der Waals surface area (Å²) in [7, 11) is 0. The van der Waals surface area contributed by atoms with Gasteiger partial charge in [0, 0.05) is 12.5 Å². The molecule has 2 atom stereocenters. The molecule has 2 unspecified atom stereocenters. The van der Waals surface area contributed by atoms with Crippen LogP contribution in [0.5, 0.6) is 0 Å². The van der Waals surface area contributed by atoms with E-state index in [1.54, 1.807) is 0 Å². The molecule has 3 heteroatoms. The Balaban J connectivity index is 2.18. The lowest BCUT2D eigenvalue weighted by Gasteiger charge is -2.11. The van der Waals surface area contributed by atoms with Crippen molar-refractivity contribution in [3.8, 4) is 0 Å². The van der Waals surface area contributed by atoms with E-state index in [4.69, 9.17) is 0 Å². The Morgan fingerprint density at radius 1 is 1.58 bits per heavy atom. The van der Waals surface area contributed by atoms with Crippen molar-refractivity contribution in [1.82, 2.24) is 5.32 Å². The Hall–Kier alpha value is -0.180. The van der Waals surface area contributed by atoms with E-state index in [1.165, 1.54) is 6.42 Å². The minimum absolute atomic E-state index is 0.157. The maximum atomic E-state index is 11.1. The summed E-state index contributed by atoms with van der Waals surface area (Å²) in [5.41, 5.74) is 0. The fraction of sp³-hybridized carbons (Fsp3) is 0.889. The fourth-order valence-electron chi connectivity index (χ4n) is 1.74. The lowest BCUT2D eigenvalue weighted by molar-refractivity contribution is -0.121. The van der Waals surface area contributed by atoms with E-state index in [-0.39, 0.29) is 5.91 Å². The third-order valence-corrected chi connectivity index (χ3v) is 2.62. The second-order valence-corrected chi connectivity index (χ2v) is 4.10. The van der Waals surface area contributed by atoms with Gasteiger partial charge in [-0.2, -0.15) is 12.6 Å². The molecule has 1 fully saturated rings. The number of carbonyl (C=O) groups excluding carboxylic acids is 1. The molecule has 0 spiro atoms. The molecule has 0 bridgehead atoms. The Kier molecular flexibility index (Phi) is 3.92. The largest absolute Gasteiger partial charge is 0.353 e. The predicted octanol–water partition coefficient (Wildman–Crippen LogP) is 1.61. The van der Waals surface area contributed by atoms with E-state index in [0.717, 1.165) is 18.8 Å². The van der Waals surface area contributed by atoms with Crippen molar-refractivity contribution < 1.29 is 4.79 Å². The molecule has 1 saturated carbocycles. The lowest BCUT2D eigenvalue weighted by atomic mass is 10.1. The SMILES string of the molecule is CC1CCC(NC(=O)CCS)C1. The number of rotatable bonds is 3. The molecule has 0 aromatic heterocycles. The second-order valence-electron chi connectivity index (χ2n) is 3.66. The van der Waals surface area contributed by atoms with Crippen LogP contribution < -0.4 is 5.32 Å². The van der Waals surface area contributed by atoms with Crippen LogP contribution >= 0.6 is 12.6 Å². The zero-order valence-corrected chi connectivity index (χ0v) is 8.44. The zero-order chi connectivity index (χ0) is 8.97. The molecule has 1 N–H and O–H groups in total. The van der Waals surface area contributed by atoms with Crippen molar-refractivity contribution in [2.75, 3.05) is 5.75 Å². The summed E-state index contributed by atoms with van der Waals surface area (Å²) in [6.45, 7) is 2.24. The predicted molar refractivity (Wildman–Crippen MR) is 53.4 cm³/mol. The summed E-state index contributed by atoms with van der Waals surface area (Å²) in [6.07, 6.45) is 4.11. The van der Waals surface area contributed by atoms with E-state index in [2.05, 4.69) is 24.9 Å². The number of hydrogen-bond acceptors (Lipinski definition) is 2. The average molecular weight is 187 g/mol. The van der Waals surface area contributed by atoms with Crippen LogP contribution in [-0.4, -0.2) is 17.7 Å². The Bertz CT molecular complexity index is 161. The van der Waals surface area contributed by atoms with E-state index >= 15 is 0 Å². The van der Waals surface area contributed by atoms with Crippen molar-refractivity contribution in [2.24, 2.45) is 5.92 Å². The molecule has 0 aromatic carbocycles. The molecule has 1 rings (SSSR count). The van der Waals surface area contributed by atoms with Gasteiger partial charge < -0.3 is 5.32 Å². The minimum atomic E-state index is 0.157. The number of hydrogen-bond donors (Lipinski definition) is 2. The van der Waals surface area contributed by atoms with Gasteiger partial charge in [0.15, 0.2) is 0 Å². The lowest BCUT2D eigenvalue weighted by Crippen LogP contribution is -2.32. The number of nitrogens with one attached hydrogen (secondary N) is 1. The molecule has 0 aliphatic heterocycles. The van der Waals surface area contributed by atoms with Gasteiger partial charge >= 0.3 is 0 Å². The molecule has 0 radical (unpaired) electrons. The van der Waals surface area contributed by atoms with E-state index in [1.807, 2.05) is 0 Å². The summed E-state index contributed by atoms with van der Waals surface area (Å²) in [4.78, 5) is 11.1. The van der Waals surface area contributed by atoms with Crippen LogP contribution in [-0.2, 0) is 4.79 Å². The van der Waals surface area contributed by atoms with Gasteiger partial charge in [-0.3, -0.25) is 4.79 Å². The highest BCUT2D eigenvalue weighted by atomic mass is 32.1. The first-order valence-corrected chi connectivity index (χ1v) is 5.26. The van der Waals surface area contributed by atoms with Gasteiger partial charge in [0.1, 0.15) is 0 Å². The van der Waals surface area contributed by atoms with Gasteiger partial charge in [-0.15, -0.1) is 0 Å². The summed E-state index contributed by atoms with van der Waals surface area (Å²) in [6, 6.07) is 0.437. The van der Waals surface area contributed by atoms with Crippen LogP contribution in [0.2, 0.25) is 0 Å². The van der Waals surface area contributed by atoms with Crippen molar-refractivity contribution in [3.63, 3.8) is 0 Å². The highest BCUT2D eigenvalue weighted by Crippen LogP contribution is 2.24. The molecular weight excluding hydrogens is 170 g/mol. The van der Waals surface area contributed by atoms with Crippen LogP contribution in [0.4, 0.5) is 0 Å². The third kappa shape index (κ3) is 3.05. The first-order valence-electron chi connectivity index (χ1n) is 4.62. The average Bonchev–Trinajstić information content (AvgIpc) is 2.36. The minimum Gasteiger partial charge on any atom is -0.353 e. The molecule has 12 heavy (non-hydrogen) atoms. The molecule has 0 heterocycles. The highest BCUT2D eigenvalue weighted by Gasteiger charge is 2.21. The van der Waals surface area contributed by atoms with Gasteiger partial charge in [0.2, 0.25) is 5.91 Å². The molecule has 0 aromatic rings. The topological polar surface area (TPSA) is 29.1 Å².